The second kappa shape index (κ2) is 9.95. The van der Waals surface area contributed by atoms with Gasteiger partial charge in [-0.15, -0.1) is 0 Å². The molecule has 6 rings (SSSR count). The van der Waals surface area contributed by atoms with Gasteiger partial charge in [-0.2, -0.15) is 0 Å². The summed E-state index contributed by atoms with van der Waals surface area (Å²) in [6.07, 6.45) is -0.277. The lowest BCUT2D eigenvalue weighted by molar-refractivity contribution is 0.382. The van der Waals surface area contributed by atoms with E-state index in [1.54, 1.807) is 0 Å². The van der Waals surface area contributed by atoms with Gasteiger partial charge in [0.05, 0.1) is 0 Å². The minimum atomic E-state index is -0.277. The molecule has 1 aromatic heterocycles. The fourth-order valence-corrected chi connectivity index (χ4v) is 4.32. The second-order valence-electron chi connectivity index (χ2n) is 8.69. The number of aromatic nitrogens is 3. The first kappa shape index (κ1) is 22.5. The lowest BCUT2D eigenvalue weighted by atomic mass is 10.1. The molecule has 1 atom stereocenters. The number of rotatable bonds is 5. The summed E-state index contributed by atoms with van der Waals surface area (Å²) in [7, 11) is 2.02. The van der Waals surface area contributed by atoms with Crippen LogP contribution in [0.2, 0.25) is 0 Å². The van der Waals surface area contributed by atoms with E-state index in [1.807, 2.05) is 104 Å². The molecule has 2 heterocycles. The normalized spacial score (nSPS) is 15.2. The Morgan fingerprint density at radius 1 is 0.514 bits per heavy atom. The summed E-state index contributed by atoms with van der Waals surface area (Å²) in [6.45, 7) is 0. The molecule has 0 N–H and O–H groups in total. The highest BCUT2D eigenvalue weighted by molar-refractivity contribution is 6.11. The van der Waals surface area contributed by atoms with Crippen molar-refractivity contribution in [3.63, 3.8) is 0 Å². The van der Waals surface area contributed by atoms with Crippen molar-refractivity contribution in [1.82, 2.24) is 19.9 Å². The zero-order valence-corrected chi connectivity index (χ0v) is 20.3. The lowest BCUT2D eigenvalue weighted by Crippen LogP contribution is -2.36. The van der Waals surface area contributed by atoms with Crippen LogP contribution in [-0.4, -0.2) is 38.6 Å². The largest absolute Gasteiger partial charge is 0.333 e. The Morgan fingerprint density at radius 2 is 0.946 bits per heavy atom. The van der Waals surface area contributed by atoms with Crippen molar-refractivity contribution in [1.29, 1.82) is 0 Å². The van der Waals surface area contributed by atoms with E-state index in [1.165, 1.54) is 0 Å². The van der Waals surface area contributed by atoms with Gasteiger partial charge in [-0.25, -0.2) is 24.9 Å². The highest BCUT2D eigenvalue weighted by Gasteiger charge is 2.28. The van der Waals surface area contributed by atoms with Crippen LogP contribution >= 0.6 is 0 Å². The molecule has 0 saturated carbocycles. The lowest BCUT2D eigenvalue weighted by Gasteiger charge is -2.32. The molecule has 5 aromatic rings. The number of hydrogen-bond donors (Lipinski definition) is 0. The highest BCUT2D eigenvalue weighted by atomic mass is 15.3. The van der Waals surface area contributed by atoms with Gasteiger partial charge in [0.15, 0.2) is 23.7 Å². The van der Waals surface area contributed by atoms with Crippen LogP contribution in [0, 0.1) is 0 Å². The molecule has 0 spiro atoms. The number of amidine groups is 2. The monoisotopic (exact) mass is 480 g/mol. The first-order valence-corrected chi connectivity index (χ1v) is 12.1. The van der Waals surface area contributed by atoms with E-state index in [0.717, 1.165) is 28.1 Å². The molecule has 6 nitrogen and oxygen atoms in total. The highest BCUT2D eigenvalue weighted by Crippen LogP contribution is 2.28. The predicted octanol–water partition coefficient (Wildman–Crippen LogP) is 6.04. The third-order valence-electron chi connectivity index (χ3n) is 6.19. The van der Waals surface area contributed by atoms with Crippen molar-refractivity contribution < 1.29 is 0 Å². The van der Waals surface area contributed by atoms with Gasteiger partial charge in [0.25, 0.3) is 0 Å². The van der Waals surface area contributed by atoms with Crippen molar-refractivity contribution in [2.75, 3.05) is 7.05 Å². The van der Waals surface area contributed by atoms with E-state index < -0.39 is 0 Å². The van der Waals surface area contributed by atoms with Crippen molar-refractivity contribution in [3.05, 3.63) is 138 Å². The zero-order chi connectivity index (χ0) is 25.0. The van der Waals surface area contributed by atoms with Crippen LogP contribution < -0.4 is 0 Å². The summed E-state index contributed by atoms with van der Waals surface area (Å²) in [6, 6.07) is 40.2. The van der Waals surface area contributed by atoms with Crippen LogP contribution in [0.25, 0.3) is 22.8 Å². The van der Waals surface area contributed by atoms with Gasteiger partial charge >= 0.3 is 0 Å². The van der Waals surface area contributed by atoms with Gasteiger partial charge in [0, 0.05) is 23.7 Å². The molecule has 37 heavy (non-hydrogen) atoms. The first-order chi connectivity index (χ1) is 18.3. The fourth-order valence-electron chi connectivity index (χ4n) is 4.32. The molecule has 0 fully saturated rings. The quantitative estimate of drug-likeness (QED) is 0.307. The Bertz CT molecular complexity index is 1510. The Kier molecular flexibility index (Phi) is 6.05. The van der Waals surface area contributed by atoms with E-state index in [9.17, 15) is 0 Å². The number of aliphatic imine (C=N–C) groups is 2. The minimum absolute atomic E-state index is 0.277. The summed E-state index contributed by atoms with van der Waals surface area (Å²) in [5, 5.41) is 0. The summed E-state index contributed by atoms with van der Waals surface area (Å²) < 4.78 is 0. The first-order valence-electron chi connectivity index (χ1n) is 12.1. The smallest absolute Gasteiger partial charge is 0.201 e. The molecule has 0 bridgehead atoms. The Hall–Kier alpha value is -4.97. The maximum atomic E-state index is 5.05. The molecule has 6 heteroatoms. The molecule has 0 saturated heterocycles. The molecule has 1 aliphatic rings. The van der Waals surface area contributed by atoms with E-state index in [-0.39, 0.29) is 6.17 Å². The van der Waals surface area contributed by atoms with E-state index >= 15 is 0 Å². The summed E-state index contributed by atoms with van der Waals surface area (Å²) in [5.41, 5.74) is 3.87. The Balaban J connectivity index is 1.55. The molecule has 0 radical (unpaired) electrons. The van der Waals surface area contributed by atoms with Gasteiger partial charge in [0.1, 0.15) is 5.84 Å². The molecule has 1 unspecified atom stereocenters. The van der Waals surface area contributed by atoms with Gasteiger partial charge in [-0.1, -0.05) is 121 Å². The molecule has 4 aromatic carbocycles. The average Bonchev–Trinajstić information content (AvgIpc) is 2.99. The van der Waals surface area contributed by atoms with E-state index in [2.05, 4.69) is 29.2 Å². The maximum Gasteiger partial charge on any atom is 0.201 e. The minimum Gasteiger partial charge on any atom is -0.333 e. The van der Waals surface area contributed by atoms with Gasteiger partial charge < -0.3 is 4.90 Å². The maximum absolute atomic E-state index is 5.05. The van der Waals surface area contributed by atoms with Crippen molar-refractivity contribution in [2.24, 2.45) is 9.98 Å². The van der Waals surface area contributed by atoms with Gasteiger partial charge in [-0.3, -0.25) is 0 Å². The molecular weight excluding hydrogens is 456 g/mol. The summed E-state index contributed by atoms with van der Waals surface area (Å²) >= 11 is 0. The van der Waals surface area contributed by atoms with Crippen molar-refractivity contribution in [3.8, 4) is 22.8 Å². The molecule has 0 amide bonds. The summed E-state index contributed by atoms with van der Waals surface area (Å²) in [4.78, 5) is 26.6. The van der Waals surface area contributed by atoms with Crippen LogP contribution in [0.15, 0.2) is 131 Å². The second-order valence-corrected chi connectivity index (χ2v) is 8.69. The number of benzene rings is 4. The molecular formula is C31H24N6. The zero-order valence-electron chi connectivity index (χ0n) is 20.3. The van der Waals surface area contributed by atoms with Crippen LogP contribution in [0.3, 0.4) is 0 Å². The van der Waals surface area contributed by atoms with Crippen molar-refractivity contribution in [2.45, 2.75) is 6.17 Å². The predicted molar refractivity (Wildman–Crippen MR) is 147 cm³/mol. The number of nitrogens with zero attached hydrogens (tertiary/aromatic N) is 6. The van der Waals surface area contributed by atoms with Crippen LogP contribution in [0.5, 0.6) is 0 Å². The van der Waals surface area contributed by atoms with Gasteiger partial charge in [-0.05, 0) is 5.56 Å². The molecule has 1 aliphatic heterocycles. The molecule has 178 valence electrons. The van der Waals surface area contributed by atoms with Crippen LogP contribution in [0.1, 0.15) is 23.1 Å². The standard InChI is InChI=1S/C31H24N6/c1-37-30(24-18-10-4-11-19-24)35-29(36-31(37)25-20-12-5-13-21-25)28-33-26(22-14-6-2-7-15-22)32-27(34-28)23-16-8-3-9-17-23/h2-21,30H,1H3. The van der Waals surface area contributed by atoms with E-state index in [4.69, 9.17) is 24.9 Å². The number of hydrogen-bond acceptors (Lipinski definition) is 6. The fraction of sp³-hybridized carbons (Fsp3) is 0.0645. The third kappa shape index (κ3) is 4.65. The topological polar surface area (TPSA) is 66.6 Å². The van der Waals surface area contributed by atoms with E-state index in [0.29, 0.717) is 23.3 Å². The van der Waals surface area contributed by atoms with Crippen LogP contribution in [0.4, 0.5) is 0 Å². The third-order valence-corrected chi connectivity index (χ3v) is 6.19. The Labute approximate surface area is 215 Å². The van der Waals surface area contributed by atoms with Gasteiger partial charge in [0.2, 0.25) is 5.82 Å². The van der Waals surface area contributed by atoms with Crippen LogP contribution in [-0.2, 0) is 0 Å². The average molecular weight is 481 g/mol. The summed E-state index contributed by atoms with van der Waals surface area (Å²) in [5.74, 6) is 2.89. The van der Waals surface area contributed by atoms with Crippen molar-refractivity contribution >= 4 is 11.7 Å². The SMILES string of the molecule is CN1C(c2ccccc2)=NC(c2nc(-c3ccccc3)nc(-c3ccccc3)n2)=NC1c1ccccc1. The Morgan fingerprint density at radius 3 is 1.46 bits per heavy atom. The molecule has 0 aliphatic carbocycles.